The van der Waals surface area contributed by atoms with E-state index in [4.69, 9.17) is 0 Å². The highest BCUT2D eigenvalue weighted by Crippen LogP contribution is 2.32. The van der Waals surface area contributed by atoms with Crippen molar-refractivity contribution in [2.24, 2.45) is 11.8 Å². The largest absolute Gasteiger partial charge is 0.316 e. The molecule has 0 bridgehead atoms. The van der Waals surface area contributed by atoms with Gasteiger partial charge in [0, 0.05) is 6.04 Å². The Morgan fingerprint density at radius 2 is 1.85 bits per heavy atom. The van der Waals surface area contributed by atoms with Crippen molar-refractivity contribution < 1.29 is 8.42 Å². The summed E-state index contributed by atoms with van der Waals surface area (Å²) in [5.41, 5.74) is 0.844. The van der Waals surface area contributed by atoms with Gasteiger partial charge in [-0.2, -0.15) is 0 Å². The van der Waals surface area contributed by atoms with Gasteiger partial charge in [-0.3, -0.25) is 0 Å². The molecule has 1 saturated carbocycles. The van der Waals surface area contributed by atoms with Gasteiger partial charge in [-0.15, -0.1) is 0 Å². The lowest BCUT2D eigenvalue weighted by Gasteiger charge is -2.31. The molecule has 0 radical (unpaired) electrons. The molecular formula is C15H22N2O2S. The van der Waals surface area contributed by atoms with Crippen molar-refractivity contribution in [1.82, 2.24) is 10.0 Å². The van der Waals surface area contributed by atoms with Gasteiger partial charge in [0.15, 0.2) is 0 Å². The van der Waals surface area contributed by atoms with Gasteiger partial charge < -0.3 is 5.32 Å². The van der Waals surface area contributed by atoms with Crippen LogP contribution in [0, 0.1) is 11.8 Å². The van der Waals surface area contributed by atoms with E-state index in [0.717, 1.165) is 43.8 Å². The molecule has 2 aliphatic rings. The van der Waals surface area contributed by atoms with E-state index in [0.29, 0.717) is 5.92 Å². The standard InChI is InChI=1S/C15H22N2O2S/c18-20(19,11-12-4-2-1-3-5-12)17-15-7-6-13-9-16-10-14(13)8-15/h1-5,13-17H,6-11H2/t13-,14+,15?/m0/s1. The van der Waals surface area contributed by atoms with Gasteiger partial charge in [0.05, 0.1) is 5.75 Å². The van der Waals surface area contributed by atoms with E-state index in [1.807, 2.05) is 30.3 Å². The molecule has 1 aliphatic carbocycles. The quantitative estimate of drug-likeness (QED) is 0.884. The maximum Gasteiger partial charge on any atom is 0.216 e. The van der Waals surface area contributed by atoms with E-state index in [1.165, 1.54) is 0 Å². The van der Waals surface area contributed by atoms with Crippen molar-refractivity contribution in [2.45, 2.75) is 31.1 Å². The Hall–Kier alpha value is -0.910. The SMILES string of the molecule is O=S(=O)(Cc1ccccc1)NC1CC[C@H]2CNC[C@H]2C1. The van der Waals surface area contributed by atoms with Crippen molar-refractivity contribution in [1.29, 1.82) is 0 Å². The van der Waals surface area contributed by atoms with Gasteiger partial charge in [0.25, 0.3) is 0 Å². The third kappa shape index (κ3) is 3.40. The van der Waals surface area contributed by atoms with E-state index in [-0.39, 0.29) is 11.8 Å². The summed E-state index contributed by atoms with van der Waals surface area (Å²) >= 11 is 0. The molecule has 110 valence electrons. The van der Waals surface area contributed by atoms with E-state index in [9.17, 15) is 8.42 Å². The molecule has 20 heavy (non-hydrogen) atoms. The topological polar surface area (TPSA) is 58.2 Å². The predicted octanol–water partition coefficient (Wildman–Crippen LogP) is 1.49. The Kier molecular flexibility index (Phi) is 4.10. The minimum Gasteiger partial charge on any atom is -0.316 e. The van der Waals surface area contributed by atoms with Crippen LogP contribution in [0.5, 0.6) is 0 Å². The molecule has 1 aliphatic heterocycles. The number of hydrogen-bond acceptors (Lipinski definition) is 3. The minimum absolute atomic E-state index is 0.0800. The number of rotatable bonds is 4. The summed E-state index contributed by atoms with van der Waals surface area (Å²) in [5.74, 6) is 1.48. The highest BCUT2D eigenvalue weighted by molar-refractivity contribution is 7.88. The predicted molar refractivity (Wildman–Crippen MR) is 79.7 cm³/mol. The van der Waals surface area contributed by atoms with Crippen molar-refractivity contribution in [3.63, 3.8) is 0 Å². The first kappa shape index (κ1) is 14.0. The third-order valence-electron chi connectivity index (χ3n) is 4.50. The Balaban J connectivity index is 1.59. The molecule has 1 aromatic rings. The molecule has 1 heterocycles. The summed E-state index contributed by atoms with van der Waals surface area (Å²) in [6.07, 6.45) is 3.08. The molecule has 0 spiro atoms. The first-order chi connectivity index (χ1) is 9.62. The van der Waals surface area contributed by atoms with Gasteiger partial charge in [-0.1, -0.05) is 30.3 Å². The molecule has 3 atom stereocenters. The fourth-order valence-electron chi connectivity index (χ4n) is 3.50. The van der Waals surface area contributed by atoms with Gasteiger partial charge in [-0.25, -0.2) is 13.1 Å². The molecule has 2 fully saturated rings. The summed E-state index contributed by atoms with van der Waals surface area (Å²) in [6, 6.07) is 9.48. The number of benzene rings is 1. The summed E-state index contributed by atoms with van der Waals surface area (Å²) in [6.45, 7) is 2.15. The monoisotopic (exact) mass is 294 g/mol. The second-order valence-corrected chi connectivity index (χ2v) is 7.80. The molecule has 1 unspecified atom stereocenters. The number of hydrogen-bond donors (Lipinski definition) is 2. The molecule has 0 amide bonds. The van der Waals surface area contributed by atoms with Crippen LogP contribution in [-0.2, 0) is 15.8 Å². The highest BCUT2D eigenvalue weighted by atomic mass is 32.2. The molecule has 1 saturated heterocycles. The van der Waals surface area contributed by atoms with Gasteiger partial charge in [-0.05, 0) is 49.8 Å². The third-order valence-corrected chi connectivity index (χ3v) is 5.90. The Morgan fingerprint density at radius 1 is 1.10 bits per heavy atom. The van der Waals surface area contributed by atoms with E-state index < -0.39 is 10.0 Å². The molecule has 3 rings (SSSR count). The van der Waals surface area contributed by atoms with Crippen LogP contribution in [0.15, 0.2) is 30.3 Å². The average molecular weight is 294 g/mol. The number of nitrogens with one attached hydrogen (secondary N) is 2. The van der Waals surface area contributed by atoms with Gasteiger partial charge >= 0.3 is 0 Å². The highest BCUT2D eigenvalue weighted by Gasteiger charge is 2.34. The minimum atomic E-state index is -3.23. The zero-order chi connectivity index (χ0) is 14.0. The van der Waals surface area contributed by atoms with Gasteiger partial charge in [0.1, 0.15) is 0 Å². The lowest BCUT2D eigenvalue weighted by Crippen LogP contribution is -2.41. The normalized spacial score (nSPS) is 30.1. The van der Waals surface area contributed by atoms with E-state index in [2.05, 4.69) is 10.0 Å². The zero-order valence-corrected chi connectivity index (χ0v) is 12.4. The van der Waals surface area contributed by atoms with Crippen LogP contribution in [0.4, 0.5) is 0 Å². The maximum atomic E-state index is 12.2. The number of sulfonamides is 1. The van der Waals surface area contributed by atoms with Gasteiger partial charge in [0.2, 0.25) is 10.0 Å². The van der Waals surface area contributed by atoms with E-state index in [1.54, 1.807) is 0 Å². The molecule has 4 nitrogen and oxygen atoms in total. The molecule has 1 aromatic carbocycles. The average Bonchev–Trinajstić information content (AvgIpc) is 2.86. The van der Waals surface area contributed by atoms with Crippen LogP contribution in [-0.4, -0.2) is 27.5 Å². The molecular weight excluding hydrogens is 272 g/mol. The molecule has 0 aromatic heterocycles. The van der Waals surface area contributed by atoms with Crippen LogP contribution in [0.2, 0.25) is 0 Å². The van der Waals surface area contributed by atoms with Crippen molar-refractivity contribution in [2.75, 3.05) is 13.1 Å². The lowest BCUT2D eigenvalue weighted by molar-refractivity contribution is 0.260. The first-order valence-corrected chi connectivity index (χ1v) is 9.02. The lowest BCUT2D eigenvalue weighted by atomic mass is 9.79. The van der Waals surface area contributed by atoms with Crippen LogP contribution in [0.1, 0.15) is 24.8 Å². The van der Waals surface area contributed by atoms with Crippen molar-refractivity contribution >= 4 is 10.0 Å². The second-order valence-electron chi connectivity index (χ2n) is 6.05. The maximum absolute atomic E-state index is 12.2. The summed E-state index contributed by atoms with van der Waals surface area (Å²) in [7, 11) is -3.23. The second kappa shape index (κ2) is 5.84. The Bertz CT molecular complexity index is 544. The van der Waals surface area contributed by atoms with Crippen LogP contribution in [0.25, 0.3) is 0 Å². The fraction of sp³-hybridized carbons (Fsp3) is 0.600. The van der Waals surface area contributed by atoms with Crippen molar-refractivity contribution in [3.05, 3.63) is 35.9 Å². The Labute approximate surface area is 121 Å². The van der Waals surface area contributed by atoms with Crippen LogP contribution in [0.3, 0.4) is 0 Å². The van der Waals surface area contributed by atoms with Crippen LogP contribution >= 0.6 is 0 Å². The van der Waals surface area contributed by atoms with Crippen molar-refractivity contribution in [3.8, 4) is 0 Å². The van der Waals surface area contributed by atoms with E-state index >= 15 is 0 Å². The summed E-state index contributed by atoms with van der Waals surface area (Å²) < 4.78 is 27.4. The Morgan fingerprint density at radius 3 is 2.65 bits per heavy atom. The smallest absolute Gasteiger partial charge is 0.216 e. The fourth-order valence-corrected chi connectivity index (χ4v) is 4.93. The summed E-state index contributed by atoms with van der Waals surface area (Å²) in [5, 5.41) is 3.41. The molecule has 5 heteroatoms. The first-order valence-electron chi connectivity index (χ1n) is 7.37. The van der Waals surface area contributed by atoms with Crippen LogP contribution < -0.4 is 10.0 Å². The number of fused-ring (bicyclic) bond motifs is 1. The molecule has 2 N–H and O–H groups in total. The zero-order valence-electron chi connectivity index (χ0n) is 11.6. The summed E-state index contributed by atoms with van der Waals surface area (Å²) in [4.78, 5) is 0.